The molecule has 1 amide bonds. The lowest BCUT2D eigenvalue weighted by atomic mass is 10.2. The summed E-state index contributed by atoms with van der Waals surface area (Å²) >= 11 is 0. The average molecular weight is 252 g/mol. The number of amides is 1. The van der Waals surface area contributed by atoms with Crippen LogP contribution < -0.4 is 11.1 Å². The van der Waals surface area contributed by atoms with Crippen LogP contribution in [0.25, 0.3) is 0 Å². The van der Waals surface area contributed by atoms with Crippen LogP contribution >= 0.6 is 0 Å². The van der Waals surface area contributed by atoms with E-state index in [9.17, 15) is 4.79 Å². The molecule has 0 aliphatic carbocycles. The highest BCUT2D eigenvalue weighted by Gasteiger charge is 2.15. The lowest BCUT2D eigenvalue weighted by molar-refractivity contribution is 0.0949. The normalized spacial score (nSPS) is 10.6. The molecule has 1 heterocycles. The van der Waals surface area contributed by atoms with Crippen molar-refractivity contribution in [1.82, 2.24) is 15.5 Å². The molecule has 1 aromatic rings. The van der Waals surface area contributed by atoms with E-state index in [1.165, 1.54) is 12.8 Å². The number of nitrogen functional groups attached to an aromatic ring is 1. The molecule has 0 aliphatic rings. The number of aromatic nitrogens is 2. The van der Waals surface area contributed by atoms with Gasteiger partial charge in [0.15, 0.2) is 5.69 Å². The van der Waals surface area contributed by atoms with Crippen LogP contribution in [0.4, 0.5) is 5.69 Å². The second kappa shape index (κ2) is 7.74. The highest BCUT2D eigenvalue weighted by molar-refractivity contribution is 5.97. The summed E-state index contributed by atoms with van der Waals surface area (Å²) in [7, 11) is 0. The van der Waals surface area contributed by atoms with Crippen LogP contribution in [0.2, 0.25) is 0 Å². The van der Waals surface area contributed by atoms with Crippen molar-refractivity contribution in [2.24, 2.45) is 0 Å². The molecule has 1 rings (SSSR count). The molecular weight excluding hydrogens is 228 g/mol. The van der Waals surface area contributed by atoms with E-state index in [0.717, 1.165) is 31.4 Å². The molecule has 0 atom stereocenters. The SMILES string of the molecule is CCCCCCNC(=O)c1n[nH]c(CCC)c1N. The van der Waals surface area contributed by atoms with Gasteiger partial charge in [0.1, 0.15) is 0 Å². The Labute approximate surface area is 109 Å². The number of nitrogens with one attached hydrogen (secondary N) is 2. The molecule has 1 aromatic heterocycles. The smallest absolute Gasteiger partial charge is 0.273 e. The van der Waals surface area contributed by atoms with E-state index in [1.807, 2.05) is 0 Å². The number of hydrogen-bond donors (Lipinski definition) is 3. The number of nitrogens with two attached hydrogens (primary N) is 1. The number of carbonyl (C=O) groups excluding carboxylic acids is 1. The van der Waals surface area contributed by atoms with E-state index in [0.29, 0.717) is 17.9 Å². The number of unbranched alkanes of at least 4 members (excludes halogenated alkanes) is 3. The molecule has 0 saturated carbocycles. The fourth-order valence-corrected chi connectivity index (χ4v) is 1.84. The van der Waals surface area contributed by atoms with Gasteiger partial charge in [-0.05, 0) is 12.8 Å². The number of aryl methyl sites for hydroxylation is 1. The van der Waals surface area contributed by atoms with Crippen molar-refractivity contribution in [3.8, 4) is 0 Å². The molecule has 18 heavy (non-hydrogen) atoms. The fourth-order valence-electron chi connectivity index (χ4n) is 1.84. The lowest BCUT2D eigenvalue weighted by Gasteiger charge is -2.03. The summed E-state index contributed by atoms with van der Waals surface area (Å²) in [5.74, 6) is -0.178. The Balaban J connectivity index is 2.41. The number of rotatable bonds is 8. The number of H-pyrrole nitrogens is 1. The van der Waals surface area contributed by atoms with Gasteiger partial charge in [0.25, 0.3) is 5.91 Å². The highest BCUT2D eigenvalue weighted by Crippen LogP contribution is 2.15. The number of anilines is 1. The van der Waals surface area contributed by atoms with E-state index in [2.05, 4.69) is 29.4 Å². The quantitative estimate of drug-likeness (QED) is 0.620. The zero-order chi connectivity index (χ0) is 13.4. The van der Waals surface area contributed by atoms with Crippen molar-refractivity contribution in [3.05, 3.63) is 11.4 Å². The molecule has 0 saturated heterocycles. The number of nitrogens with zero attached hydrogens (tertiary/aromatic N) is 1. The number of carbonyl (C=O) groups is 1. The molecule has 0 radical (unpaired) electrons. The van der Waals surface area contributed by atoms with Crippen molar-refractivity contribution in [1.29, 1.82) is 0 Å². The van der Waals surface area contributed by atoms with Crippen LogP contribution in [0, 0.1) is 0 Å². The van der Waals surface area contributed by atoms with Crippen molar-refractivity contribution < 1.29 is 4.79 Å². The third kappa shape index (κ3) is 4.05. The van der Waals surface area contributed by atoms with Gasteiger partial charge in [-0.25, -0.2) is 0 Å². The van der Waals surface area contributed by atoms with E-state index < -0.39 is 0 Å². The van der Waals surface area contributed by atoms with E-state index in [1.54, 1.807) is 0 Å². The van der Waals surface area contributed by atoms with Gasteiger partial charge in [-0.3, -0.25) is 9.89 Å². The van der Waals surface area contributed by atoms with Gasteiger partial charge in [0.05, 0.1) is 11.4 Å². The maximum Gasteiger partial charge on any atom is 0.273 e. The Morgan fingerprint density at radius 2 is 2.06 bits per heavy atom. The van der Waals surface area contributed by atoms with Crippen molar-refractivity contribution in [2.75, 3.05) is 12.3 Å². The Hall–Kier alpha value is -1.52. The van der Waals surface area contributed by atoms with Gasteiger partial charge in [-0.15, -0.1) is 0 Å². The van der Waals surface area contributed by atoms with Gasteiger partial charge < -0.3 is 11.1 Å². The molecule has 0 spiro atoms. The van der Waals surface area contributed by atoms with Crippen LogP contribution in [-0.4, -0.2) is 22.6 Å². The minimum atomic E-state index is -0.178. The molecule has 0 fully saturated rings. The molecule has 5 heteroatoms. The Bertz CT molecular complexity index is 373. The first-order chi connectivity index (χ1) is 8.70. The van der Waals surface area contributed by atoms with Gasteiger partial charge in [0, 0.05) is 6.54 Å². The van der Waals surface area contributed by atoms with Gasteiger partial charge in [0.2, 0.25) is 0 Å². The first kappa shape index (κ1) is 14.5. The number of hydrogen-bond acceptors (Lipinski definition) is 3. The predicted molar refractivity (Wildman–Crippen MR) is 73.5 cm³/mol. The predicted octanol–water partition coefficient (Wildman–Crippen LogP) is 2.25. The average Bonchev–Trinajstić information content (AvgIpc) is 2.71. The topological polar surface area (TPSA) is 83.8 Å². The fraction of sp³-hybridized carbons (Fsp3) is 0.692. The summed E-state index contributed by atoms with van der Waals surface area (Å²) < 4.78 is 0. The molecule has 0 aromatic carbocycles. The molecule has 102 valence electrons. The minimum Gasteiger partial charge on any atom is -0.395 e. The summed E-state index contributed by atoms with van der Waals surface area (Å²) in [6.45, 7) is 4.92. The van der Waals surface area contributed by atoms with Gasteiger partial charge in [-0.1, -0.05) is 39.5 Å². The zero-order valence-electron chi connectivity index (χ0n) is 11.4. The van der Waals surface area contributed by atoms with Crippen LogP contribution in [0.1, 0.15) is 62.1 Å². The van der Waals surface area contributed by atoms with E-state index >= 15 is 0 Å². The largest absolute Gasteiger partial charge is 0.395 e. The number of aromatic amines is 1. The molecule has 0 unspecified atom stereocenters. The highest BCUT2D eigenvalue weighted by atomic mass is 16.1. The molecule has 5 nitrogen and oxygen atoms in total. The molecule has 4 N–H and O–H groups in total. The van der Waals surface area contributed by atoms with Gasteiger partial charge in [-0.2, -0.15) is 5.10 Å². The lowest BCUT2D eigenvalue weighted by Crippen LogP contribution is -2.25. The van der Waals surface area contributed by atoms with E-state index in [4.69, 9.17) is 5.73 Å². The molecule has 0 bridgehead atoms. The summed E-state index contributed by atoms with van der Waals surface area (Å²) in [6, 6.07) is 0. The van der Waals surface area contributed by atoms with Crippen LogP contribution in [0.3, 0.4) is 0 Å². The first-order valence-electron chi connectivity index (χ1n) is 6.81. The van der Waals surface area contributed by atoms with E-state index in [-0.39, 0.29) is 5.91 Å². The molecular formula is C13H24N4O. The second-order valence-electron chi connectivity index (χ2n) is 4.53. The maximum atomic E-state index is 11.8. The Morgan fingerprint density at radius 1 is 1.28 bits per heavy atom. The summed E-state index contributed by atoms with van der Waals surface area (Å²) in [6.07, 6.45) is 6.36. The van der Waals surface area contributed by atoms with Crippen LogP contribution in [0.15, 0.2) is 0 Å². The van der Waals surface area contributed by atoms with Crippen molar-refractivity contribution in [3.63, 3.8) is 0 Å². The van der Waals surface area contributed by atoms with Crippen molar-refractivity contribution >= 4 is 11.6 Å². The second-order valence-corrected chi connectivity index (χ2v) is 4.53. The maximum absolute atomic E-state index is 11.8. The third-order valence-corrected chi connectivity index (χ3v) is 2.91. The van der Waals surface area contributed by atoms with Crippen LogP contribution in [-0.2, 0) is 6.42 Å². The van der Waals surface area contributed by atoms with Gasteiger partial charge >= 0.3 is 0 Å². The summed E-state index contributed by atoms with van der Waals surface area (Å²) in [5.41, 5.74) is 7.56. The Morgan fingerprint density at radius 3 is 2.72 bits per heavy atom. The summed E-state index contributed by atoms with van der Waals surface area (Å²) in [5, 5.41) is 9.67. The standard InChI is InChI=1S/C13H24N4O/c1-3-5-6-7-9-15-13(18)12-11(14)10(8-4-2)16-17-12/h3-9,14H2,1-2H3,(H,15,18)(H,16,17). The summed E-state index contributed by atoms with van der Waals surface area (Å²) in [4.78, 5) is 11.8. The third-order valence-electron chi connectivity index (χ3n) is 2.91. The molecule has 0 aliphatic heterocycles. The monoisotopic (exact) mass is 252 g/mol. The van der Waals surface area contributed by atoms with Crippen LogP contribution in [0.5, 0.6) is 0 Å². The Kier molecular flexibility index (Phi) is 6.25. The minimum absolute atomic E-state index is 0.178. The first-order valence-corrected chi connectivity index (χ1v) is 6.81. The van der Waals surface area contributed by atoms with Crippen molar-refractivity contribution in [2.45, 2.75) is 52.4 Å². The zero-order valence-corrected chi connectivity index (χ0v) is 11.4.